The lowest BCUT2D eigenvalue weighted by Gasteiger charge is -2.06. The number of rotatable bonds is 5. The van der Waals surface area contributed by atoms with Gasteiger partial charge in [0, 0.05) is 5.56 Å². The molecule has 2 aliphatic carbocycles. The Morgan fingerprint density at radius 1 is 0.667 bits per heavy atom. The second-order valence-corrected chi connectivity index (χ2v) is 14.4. The van der Waals surface area contributed by atoms with Gasteiger partial charge in [0.15, 0.2) is 10.0 Å². The summed E-state index contributed by atoms with van der Waals surface area (Å²) in [5.74, 6) is -4.69. The lowest BCUT2D eigenvalue weighted by atomic mass is 10.0. The van der Waals surface area contributed by atoms with Crippen LogP contribution in [0.1, 0.15) is 70.9 Å². The van der Waals surface area contributed by atoms with Gasteiger partial charge in [-0.25, -0.2) is 27.5 Å². The molecule has 2 aromatic heterocycles. The first kappa shape index (κ1) is 36.3. The first-order chi connectivity index (χ1) is 26.1. The third-order valence-corrected chi connectivity index (χ3v) is 11.2. The molecule has 0 saturated heterocycles. The number of thiazole rings is 2. The molecule has 0 fully saturated rings. The number of aryl methyl sites for hydroxylation is 4. The highest BCUT2D eigenvalue weighted by molar-refractivity contribution is 7.17. The van der Waals surface area contributed by atoms with Crippen LogP contribution < -0.4 is 10.6 Å². The van der Waals surface area contributed by atoms with Crippen LogP contribution in [0.4, 0.5) is 28.9 Å². The molecule has 0 atom stereocenters. The van der Waals surface area contributed by atoms with E-state index in [4.69, 9.17) is 5.26 Å². The van der Waals surface area contributed by atoms with Crippen LogP contribution in [0.25, 0.3) is 20.9 Å². The summed E-state index contributed by atoms with van der Waals surface area (Å²) in [6.45, 7) is 0. The average molecular weight is 766 g/mol. The zero-order valence-corrected chi connectivity index (χ0v) is 29.8. The molecule has 2 amide bonds. The second-order valence-electron chi connectivity index (χ2n) is 12.4. The molecular formula is C40H27F4N5O3S2. The fourth-order valence-electron chi connectivity index (χ4n) is 6.29. The number of carbonyl (C=O) groups is 3. The molecule has 270 valence electrons. The molecule has 0 unspecified atom stereocenters. The SMILES string of the molecule is N#Cc1ccc2c(c1)-c1sc(C(=O)Nc3c(F)cccc3F)nc1CCC2.O=Cc1ccc2c(c1)-c1sc(C(=O)Nc3c(F)cccc3F)nc1CCC2. The fourth-order valence-corrected chi connectivity index (χ4v) is 8.41. The normalized spacial score (nSPS) is 12.6. The van der Waals surface area contributed by atoms with Crippen LogP contribution in [-0.2, 0) is 25.7 Å². The number of hydrogen-bond acceptors (Lipinski definition) is 8. The van der Waals surface area contributed by atoms with Gasteiger partial charge in [-0.15, -0.1) is 22.7 Å². The van der Waals surface area contributed by atoms with Crippen molar-refractivity contribution in [1.82, 2.24) is 9.97 Å². The van der Waals surface area contributed by atoms with E-state index >= 15 is 0 Å². The number of hydrogen-bond donors (Lipinski definition) is 2. The van der Waals surface area contributed by atoms with Gasteiger partial charge in [-0.1, -0.05) is 30.3 Å². The monoisotopic (exact) mass is 765 g/mol. The Morgan fingerprint density at radius 2 is 1.13 bits per heavy atom. The maximum atomic E-state index is 13.8. The van der Waals surface area contributed by atoms with Crippen molar-refractivity contribution in [3.05, 3.63) is 140 Å². The van der Waals surface area contributed by atoms with Gasteiger partial charge >= 0.3 is 0 Å². The number of benzene rings is 4. The molecule has 0 aliphatic heterocycles. The summed E-state index contributed by atoms with van der Waals surface area (Å²) in [5, 5.41) is 14.0. The van der Waals surface area contributed by atoms with Crippen LogP contribution in [-0.4, -0.2) is 28.1 Å². The van der Waals surface area contributed by atoms with Crippen LogP contribution in [0.5, 0.6) is 0 Å². The third kappa shape index (κ3) is 7.41. The molecule has 4 aromatic carbocycles. The van der Waals surface area contributed by atoms with Crippen molar-refractivity contribution in [2.75, 3.05) is 10.6 Å². The van der Waals surface area contributed by atoms with Crippen LogP contribution in [0, 0.1) is 34.6 Å². The number of aromatic nitrogens is 2. The van der Waals surface area contributed by atoms with E-state index in [0.29, 0.717) is 24.0 Å². The molecule has 8 rings (SSSR count). The number of aldehydes is 1. The molecule has 2 aliphatic rings. The molecule has 8 nitrogen and oxygen atoms in total. The Hall–Kier alpha value is -6.04. The molecule has 14 heteroatoms. The van der Waals surface area contributed by atoms with Crippen LogP contribution >= 0.6 is 22.7 Å². The van der Waals surface area contributed by atoms with Gasteiger partial charge in [0.1, 0.15) is 40.9 Å². The van der Waals surface area contributed by atoms with E-state index in [1.54, 1.807) is 24.3 Å². The molecule has 6 aromatic rings. The highest BCUT2D eigenvalue weighted by Crippen LogP contribution is 2.39. The van der Waals surface area contributed by atoms with Gasteiger partial charge in [-0.05, 0) is 103 Å². The van der Waals surface area contributed by atoms with Crippen LogP contribution in [0.3, 0.4) is 0 Å². The lowest BCUT2D eigenvalue weighted by Crippen LogP contribution is -2.14. The number of carbonyl (C=O) groups excluding carboxylic acids is 3. The minimum atomic E-state index is -0.845. The molecule has 0 spiro atoms. The van der Waals surface area contributed by atoms with Crippen molar-refractivity contribution in [3.8, 4) is 27.0 Å². The standard InChI is InChI=1S/C20H13F2N3OS.C20H14F2N2O2S/c21-14-4-2-5-15(22)17(14)25-19(26)20-24-16-6-1-3-12-8-7-11(10-23)9-13(12)18(16)27-20;21-14-4-2-5-15(22)17(14)24-19(26)20-23-16-6-1-3-12-8-7-11(10-25)9-13(12)18(16)27-20/h2,4-5,7-9H,1,3,6H2,(H,25,26);2,4-5,7-10H,1,3,6H2,(H,24,26). The quantitative estimate of drug-likeness (QED) is 0.133. The first-order valence-electron chi connectivity index (χ1n) is 16.8. The van der Waals surface area contributed by atoms with Crippen molar-refractivity contribution in [3.63, 3.8) is 0 Å². The highest BCUT2D eigenvalue weighted by Gasteiger charge is 2.25. The van der Waals surface area contributed by atoms with Crippen LogP contribution in [0.15, 0.2) is 72.8 Å². The van der Waals surface area contributed by atoms with Crippen LogP contribution in [0.2, 0.25) is 0 Å². The Kier molecular flexibility index (Phi) is 10.4. The molecule has 54 heavy (non-hydrogen) atoms. The van der Waals surface area contributed by atoms with Crippen molar-refractivity contribution in [1.29, 1.82) is 5.26 Å². The van der Waals surface area contributed by atoms with E-state index < -0.39 is 46.5 Å². The van der Waals surface area contributed by atoms with E-state index in [9.17, 15) is 31.9 Å². The van der Waals surface area contributed by atoms with Gasteiger partial charge in [0.05, 0.1) is 32.8 Å². The predicted octanol–water partition coefficient (Wildman–Crippen LogP) is 9.34. The Bertz CT molecular complexity index is 2470. The summed E-state index contributed by atoms with van der Waals surface area (Å²) in [5.41, 5.74) is 5.63. The number of amides is 2. The zero-order valence-electron chi connectivity index (χ0n) is 28.1. The summed E-state index contributed by atoms with van der Waals surface area (Å²) in [4.78, 5) is 46.6. The van der Waals surface area contributed by atoms with Crippen molar-refractivity contribution < 1.29 is 31.9 Å². The summed E-state index contributed by atoms with van der Waals surface area (Å²) in [6, 6.07) is 19.9. The first-order valence-corrected chi connectivity index (χ1v) is 18.4. The van der Waals surface area contributed by atoms with E-state index in [0.717, 1.165) is 99.6 Å². The largest absolute Gasteiger partial charge is 0.315 e. The summed E-state index contributed by atoms with van der Waals surface area (Å²) in [6.07, 6.45) is 5.64. The second kappa shape index (κ2) is 15.5. The molecule has 0 radical (unpaired) electrons. The summed E-state index contributed by atoms with van der Waals surface area (Å²) >= 11 is 2.34. The number of nitrogens with one attached hydrogen (secondary N) is 2. The minimum absolute atomic E-state index is 0.131. The summed E-state index contributed by atoms with van der Waals surface area (Å²) in [7, 11) is 0. The number of para-hydroxylation sites is 2. The Morgan fingerprint density at radius 3 is 1.59 bits per heavy atom. The molecular weight excluding hydrogens is 739 g/mol. The van der Waals surface area contributed by atoms with Gasteiger partial charge in [0.25, 0.3) is 11.8 Å². The lowest BCUT2D eigenvalue weighted by molar-refractivity contribution is 0.101. The van der Waals surface area contributed by atoms with E-state index in [1.807, 2.05) is 12.1 Å². The van der Waals surface area contributed by atoms with E-state index in [1.165, 1.54) is 34.8 Å². The van der Waals surface area contributed by atoms with Crippen molar-refractivity contribution in [2.45, 2.75) is 38.5 Å². The maximum absolute atomic E-state index is 13.8. The third-order valence-electron chi connectivity index (χ3n) is 8.90. The number of anilines is 2. The minimum Gasteiger partial charge on any atom is -0.315 e. The highest BCUT2D eigenvalue weighted by atomic mass is 32.1. The topological polar surface area (TPSA) is 125 Å². The maximum Gasteiger partial charge on any atom is 0.284 e. The van der Waals surface area contributed by atoms with E-state index in [-0.39, 0.29) is 10.0 Å². The zero-order chi connectivity index (χ0) is 37.9. The predicted molar refractivity (Wildman–Crippen MR) is 198 cm³/mol. The van der Waals surface area contributed by atoms with E-state index in [2.05, 4.69) is 26.7 Å². The number of nitriles is 1. The molecule has 2 heterocycles. The Balaban J connectivity index is 0.000000167. The van der Waals surface area contributed by atoms with Gasteiger partial charge in [-0.2, -0.15) is 5.26 Å². The van der Waals surface area contributed by atoms with Gasteiger partial charge < -0.3 is 10.6 Å². The molecule has 2 N–H and O–H groups in total. The van der Waals surface area contributed by atoms with Crippen molar-refractivity contribution in [2.24, 2.45) is 0 Å². The van der Waals surface area contributed by atoms with Crippen molar-refractivity contribution >= 4 is 52.1 Å². The number of fused-ring (bicyclic) bond motifs is 6. The molecule has 0 saturated carbocycles. The number of nitrogens with zero attached hydrogens (tertiary/aromatic N) is 3. The average Bonchev–Trinajstić information content (AvgIpc) is 3.71. The van der Waals surface area contributed by atoms with Gasteiger partial charge in [-0.3, -0.25) is 14.4 Å². The summed E-state index contributed by atoms with van der Waals surface area (Å²) < 4.78 is 55.1. The number of halogens is 4. The fraction of sp³-hybridized carbons (Fsp3) is 0.150. The van der Waals surface area contributed by atoms with Gasteiger partial charge in [0.2, 0.25) is 0 Å². The smallest absolute Gasteiger partial charge is 0.284 e. The molecule has 0 bridgehead atoms. The Labute approximate surface area is 314 Å².